The van der Waals surface area contributed by atoms with Gasteiger partial charge in [0.25, 0.3) is 11.8 Å². The van der Waals surface area contributed by atoms with Gasteiger partial charge in [-0.1, -0.05) is 19.9 Å². The standard InChI is InChI=1S/C18H26N2O2/c1-3-11-19-17(21)14-8-7-9-15(13-14)18(22)20-12-6-5-10-16(20)4-2/h7-9,13,16H,3-6,10-12H2,1-2H3,(H,19,21). The number of amides is 2. The molecule has 1 aromatic rings. The average Bonchev–Trinajstić information content (AvgIpc) is 2.59. The largest absolute Gasteiger partial charge is 0.352 e. The third-order valence-corrected chi connectivity index (χ3v) is 4.27. The summed E-state index contributed by atoms with van der Waals surface area (Å²) < 4.78 is 0. The Bertz CT molecular complexity index is 528. The molecule has 1 N–H and O–H groups in total. The minimum atomic E-state index is -0.109. The third-order valence-electron chi connectivity index (χ3n) is 4.27. The van der Waals surface area contributed by atoms with Crippen molar-refractivity contribution < 1.29 is 9.59 Å². The molecule has 0 saturated carbocycles. The predicted octanol–water partition coefficient (Wildman–Crippen LogP) is 3.23. The minimum Gasteiger partial charge on any atom is -0.352 e. The highest BCUT2D eigenvalue weighted by Crippen LogP contribution is 2.22. The lowest BCUT2D eigenvalue weighted by Crippen LogP contribution is -2.43. The molecule has 0 spiro atoms. The maximum Gasteiger partial charge on any atom is 0.254 e. The van der Waals surface area contributed by atoms with Crippen LogP contribution in [0.15, 0.2) is 24.3 Å². The lowest BCUT2D eigenvalue weighted by atomic mass is 9.98. The Morgan fingerprint density at radius 3 is 2.73 bits per heavy atom. The van der Waals surface area contributed by atoms with Crippen molar-refractivity contribution in [3.8, 4) is 0 Å². The van der Waals surface area contributed by atoms with Crippen molar-refractivity contribution >= 4 is 11.8 Å². The van der Waals surface area contributed by atoms with E-state index in [1.54, 1.807) is 24.3 Å². The van der Waals surface area contributed by atoms with Crippen LogP contribution in [-0.4, -0.2) is 35.8 Å². The molecular weight excluding hydrogens is 276 g/mol. The Hall–Kier alpha value is -1.84. The minimum absolute atomic E-state index is 0.0525. The second kappa shape index (κ2) is 7.97. The van der Waals surface area contributed by atoms with Crippen LogP contribution in [0.3, 0.4) is 0 Å². The average molecular weight is 302 g/mol. The number of hydrogen-bond donors (Lipinski definition) is 1. The Balaban J connectivity index is 2.14. The fourth-order valence-electron chi connectivity index (χ4n) is 2.99. The highest BCUT2D eigenvalue weighted by molar-refractivity contribution is 5.99. The van der Waals surface area contributed by atoms with E-state index in [-0.39, 0.29) is 11.8 Å². The highest BCUT2D eigenvalue weighted by atomic mass is 16.2. The predicted molar refractivity (Wildman–Crippen MR) is 88.0 cm³/mol. The summed E-state index contributed by atoms with van der Waals surface area (Å²) in [7, 11) is 0. The summed E-state index contributed by atoms with van der Waals surface area (Å²) in [6, 6.07) is 7.40. The Morgan fingerprint density at radius 2 is 2.00 bits per heavy atom. The number of carbonyl (C=O) groups excluding carboxylic acids is 2. The smallest absolute Gasteiger partial charge is 0.254 e. The number of nitrogens with one attached hydrogen (secondary N) is 1. The molecule has 1 heterocycles. The Morgan fingerprint density at radius 1 is 1.23 bits per heavy atom. The van der Waals surface area contributed by atoms with E-state index in [2.05, 4.69) is 12.2 Å². The first kappa shape index (κ1) is 16.5. The second-order valence-electron chi connectivity index (χ2n) is 5.89. The zero-order chi connectivity index (χ0) is 15.9. The van der Waals surface area contributed by atoms with E-state index in [9.17, 15) is 9.59 Å². The van der Waals surface area contributed by atoms with Crippen molar-refractivity contribution in [3.05, 3.63) is 35.4 Å². The molecule has 2 rings (SSSR count). The Labute approximate surface area is 132 Å². The van der Waals surface area contributed by atoms with Gasteiger partial charge in [-0.3, -0.25) is 9.59 Å². The molecule has 1 unspecified atom stereocenters. The lowest BCUT2D eigenvalue weighted by Gasteiger charge is -2.35. The van der Waals surface area contributed by atoms with Crippen LogP contribution in [0, 0.1) is 0 Å². The van der Waals surface area contributed by atoms with Gasteiger partial charge in [0.15, 0.2) is 0 Å². The summed E-state index contributed by atoms with van der Waals surface area (Å²) >= 11 is 0. The van der Waals surface area contributed by atoms with E-state index in [1.807, 2.05) is 11.8 Å². The van der Waals surface area contributed by atoms with Crippen molar-refractivity contribution in [2.75, 3.05) is 13.1 Å². The lowest BCUT2D eigenvalue weighted by molar-refractivity contribution is 0.0608. The van der Waals surface area contributed by atoms with E-state index in [4.69, 9.17) is 0 Å². The molecular formula is C18H26N2O2. The van der Waals surface area contributed by atoms with Gasteiger partial charge < -0.3 is 10.2 Å². The van der Waals surface area contributed by atoms with E-state index < -0.39 is 0 Å². The van der Waals surface area contributed by atoms with Crippen LogP contribution in [0.5, 0.6) is 0 Å². The molecule has 1 saturated heterocycles. The van der Waals surface area contributed by atoms with E-state index in [1.165, 1.54) is 6.42 Å². The van der Waals surface area contributed by atoms with Gasteiger partial charge in [0, 0.05) is 30.3 Å². The number of carbonyl (C=O) groups is 2. The quantitative estimate of drug-likeness (QED) is 0.908. The number of benzene rings is 1. The maximum absolute atomic E-state index is 12.8. The summed E-state index contributed by atoms with van der Waals surface area (Å²) in [5.74, 6) is -0.0566. The van der Waals surface area contributed by atoms with Crippen molar-refractivity contribution in [3.63, 3.8) is 0 Å². The molecule has 4 heteroatoms. The number of hydrogen-bond acceptors (Lipinski definition) is 2. The molecule has 2 amide bonds. The molecule has 0 aromatic heterocycles. The second-order valence-corrected chi connectivity index (χ2v) is 5.89. The molecule has 1 aliphatic rings. The van der Waals surface area contributed by atoms with E-state index in [0.717, 1.165) is 32.2 Å². The fraction of sp³-hybridized carbons (Fsp3) is 0.556. The van der Waals surface area contributed by atoms with Crippen LogP contribution in [0.25, 0.3) is 0 Å². The van der Waals surface area contributed by atoms with Crippen LogP contribution >= 0.6 is 0 Å². The first-order valence-electron chi connectivity index (χ1n) is 8.36. The topological polar surface area (TPSA) is 49.4 Å². The molecule has 0 aliphatic carbocycles. The molecule has 4 nitrogen and oxygen atoms in total. The number of likely N-dealkylation sites (tertiary alicyclic amines) is 1. The van der Waals surface area contributed by atoms with E-state index in [0.29, 0.717) is 23.7 Å². The molecule has 0 radical (unpaired) electrons. The number of rotatable bonds is 5. The van der Waals surface area contributed by atoms with Crippen LogP contribution < -0.4 is 5.32 Å². The summed E-state index contributed by atoms with van der Waals surface area (Å²) in [5.41, 5.74) is 1.17. The zero-order valence-electron chi connectivity index (χ0n) is 13.6. The molecule has 120 valence electrons. The van der Waals surface area contributed by atoms with Crippen LogP contribution in [0.1, 0.15) is 66.7 Å². The molecule has 1 atom stereocenters. The van der Waals surface area contributed by atoms with Gasteiger partial charge in [0.1, 0.15) is 0 Å². The van der Waals surface area contributed by atoms with Crippen molar-refractivity contribution in [1.82, 2.24) is 10.2 Å². The monoisotopic (exact) mass is 302 g/mol. The van der Waals surface area contributed by atoms with Gasteiger partial charge >= 0.3 is 0 Å². The molecule has 0 bridgehead atoms. The number of piperidine rings is 1. The summed E-state index contributed by atoms with van der Waals surface area (Å²) in [5, 5.41) is 2.85. The fourth-order valence-corrected chi connectivity index (χ4v) is 2.99. The molecule has 1 aliphatic heterocycles. The van der Waals surface area contributed by atoms with Gasteiger partial charge in [-0.05, 0) is 50.3 Å². The van der Waals surface area contributed by atoms with Crippen LogP contribution in [-0.2, 0) is 0 Å². The highest BCUT2D eigenvalue weighted by Gasteiger charge is 2.26. The van der Waals surface area contributed by atoms with Gasteiger partial charge in [-0.2, -0.15) is 0 Å². The van der Waals surface area contributed by atoms with Gasteiger partial charge in [0.05, 0.1) is 0 Å². The first-order chi connectivity index (χ1) is 10.7. The maximum atomic E-state index is 12.8. The SMILES string of the molecule is CCCNC(=O)c1cccc(C(=O)N2CCCCC2CC)c1. The van der Waals surface area contributed by atoms with Gasteiger partial charge in [0.2, 0.25) is 0 Å². The Kier molecular flexibility index (Phi) is 5.99. The van der Waals surface area contributed by atoms with Crippen molar-refractivity contribution in [1.29, 1.82) is 0 Å². The molecule has 1 aromatic carbocycles. The van der Waals surface area contributed by atoms with Crippen LogP contribution in [0.4, 0.5) is 0 Å². The summed E-state index contributed by atoms with van der Waals surface area (Å²) in [6.45, 7) is 5.62. The first-order valence-corrected chi connectivity index (χ1v) is 8.36. The zero-order valence-corrected chi connectivity index (χ0v) is 13.6. The van der Waals surface area contributed by atoms with Gasteiger partial charge in [-0.15, -0.1) is 0 Å². The normalized spacial score (nSPS) is 18.1. The summed E-state index contributed by atoms with van der Waals surface area (Å²) in [4.78, 5) is 26.8. The van der Waals surface area contributed by atoms with Crippen molar-refractivity contribution in [2.45, 2.75) is 52.0 Å². The molecule has 1 fully saturated rings. The third kappa shape index (κ3) is 3.87. The molecule has 22 heavy (non-hydrogen) atoms. The van der Waals surface area contributed by atoms with Crippen molar-refractivity contribution in [2.24, 2.45) is 0 Å². The van der Waals surface area contributed by atoms with Gasteiger partial charge in [-0.25, -0.2) is 0 Å². The number of nitrogens with zero attached hydrogens (tertiary/aromatic N) is 1. The summed E-state index contributed by atoms with van der Waals surface area (Å²) in [6.07, 6.45) is 5.23. The van der Waals surface area contributed by atoms with E-state index >= 15 is 0 Å². The van der Waals surface area contributed by atoms with Crippen LogP contribution in [0.2, 0.25) is 0 Å².